The van der Waals surface area contributed by atoms with Gasteiger partial charge in [0.25, 0.3) is 0 Å². The topological polar surface area (TPSA) is 124 Å². The molecule has 2 aromatic heterocycles. The van der Waals surface area contributed by atoms with Gasteiger partial charge in [-0.25, -0.2) is 15.0 Å². The minimum Gasteiger partial charge on any atom is -0.463 e. The first-order valence-corrected chi connectivity index (χ1v) is 10.5. The Morgan fingerprint density at radius 2 is 1.94 bits per heavy atom. The van der Waals surface area contributed by atoms with E-state index in [9.17, 15) is 4.79 Å². The molecule has 2 saturated heterocycles. The van der Waals surface area contributed by atoms with Gasteiger partial charge in [-0.05, 0) is 31.5 Å². The zero-order valence-electron chi connectivity index (χ0n) is 17.5. The molecule has 0 saturated carbocycles. The van der Waals surface area contributed by atoms with E-state index in [2.05, 4.69) is 15.0 Å². The molecule has 2 aliphatic rings. The maximum Gasteiger partial charge on any atom is 0.310 e. The number of halogens is 1. The van der Waals surface area contributed by atoms with Crippen LogP contribution in [0.3, 0.4) is 0 Å². The highest BCUT2D eigenvalue weighted by Gasteiger charge is 2.56. The third kappa shape index (κ3) is 3.90. The van der Waals surface area contributed by atoms with Crippen LogP contribution in [0.15, 0.2) is 36.9 Å². The number of fused-ring (bicyclic) bond motifs is 2. The van der Waals surface area contributed by atoms with Crippen molar-refractivity contribution in [2.75, 3.05) is 12.3 Å². The molecule has 1 aromatic carbocycles. The Labute approximate surface area is 188 Å². The highest BCUT2D eigenvalue weighted by Crippen LogP contribution is 2.43. The predicted octanol–water partition coefficient (Wildman–Crippen LogP) is 2.27. The summed E-state index contributed by atoms with van der Waals surface area (Å²) < 4.78 is 25.6. The SMILES string of the molecule is CC1(C)O[C@@H]2[C@H](O1)[C@@H](COC(=O)Cc1ccc(Cl)cc1)O[C@H]2n1cnc2c(N)ncnc21. The number of benzene rings is 1. The quantitative estimate of drug-likeness (QED) is 0.572. The van der Waals surface area contributed by atoms with Crippen molar-refractivity contribution >= 4 is 34.6 Å². The van der Waals surface area contributed by atoms with Crippen LogP contribution in [0.25, 0.3) is 11.2 Å². The Balaban J connectivity index is 1.32. The Hall–Kier alpha value is -2.79. The van der Waals surface area contributed by atoms with Gasteiger partial charge in [-0.3, -0.25) is 9.36 Å². The van der Waals surface area contributed by atoms with Crippen LogP contribution in [0.2, 0.25) is 5.02 Å². The first kappa shape index (κ1) is 21.1. The molecule has 0 unspecified atom stereocenters. The predicted molar refractivity (Wildman–Crippen MR) is 114 cm³/mol. The lowest BCUT2D eigenvalue weighted by Crippen LogP contribution is -2.33. The lowest BCUT2D eigenvalue weighted by Gasteiger charge is -2.24. The molecule has 0 aliphatic carbocycles. The van der Waals surface area contributed by atoms with Crippen LogP contribution in [-0.2, 0) is 30.2 Å². The van der Waals surface area contributed by atoms with E-state index in [1.165, 1.54) is 6.33 Å². The van der Waals surface area contributed by atoms with E-state index in [1.54, 1.807) is 35.2 Å². The van der Waals surface area contributed by atoms with Crippen LogP contribution in [-0.4, -0.2) is 56.2 Å². The van der Waals surface area contributed by atoms with E-state index in [1.807, 2.05) is 13.8 Å². The van der Waals surface area contributed by atoms with Gasteiger partial charge in [-0.15, -0.1) is 0 Å². The molecule has 32 heavy (non-hydrogen) atoms. The van der Waals surface area contributed by atoms with E-state index in [0.29, 0.717) is 16.2 Å². The smallest absolute Gasteiger partial charge is 0.310 e. The van der Waals surface area contributed by atoms with Crippen LogP contribution in [0, 0.1) is 0 Å². The second-order valence-corrected chi connectivity index (χ2v) is 8.64. The maximum absolute atomic E-state index is 12.4. The molecule has 5 rings (SSSR count). The molecule has 0 radical (unpaired) electrons. The van der Waals surface area contributed by atoms with Crippen LogP contribution < -0.4 is 5.73 Å². The van der Waals surface area contributed by atoms with Gasteiger partial charge in [0.2, 0.25) is 0 Å². The third-order valence-electron chi connectivity index (χ3n) is 5.46. The second kappa shape index (κ2) is 7.96. The molecule has 11 heteroatoms. The number of hydrogen-bond acceptors (Lipinski definition) is 9. The molecular weight excluding hydrogens is 438 g/mol. The van der Waals surface area contributed by atoms with E-state index >= 15 is 0 Å². The van der Waals surface area contributed by atoms with E-state index in [4.69, 9.17) is 36.3 Å². The van der Waals surface area contributed by atoms with Crippen molar-refractivity contribution in [3.8, 4) is 0 Å². The molecule has 0 amide bonds. The minimum atomic E-state index is -0.812. The van der Waals surface area contributed by atoms with Gasteiger partial charge in [-0.1, -0.05) is 23.7 Å². The number of nitrogens with zero attached hydrogens (tertiary/aromatic N) is 4. The van der Waals surface area contributed by atoms with Gasteiger partial charge in [0.05, 0.1) is 12.7 Å². The highest BCUT2D eigenvalue weighted by molar-refractivity contribution is 6.30. The molecule has 168 valence electrons. The average Bonchev–Trinajstić information content (AvgIpc) is 3.40. The number of aromatic nitrogens is 4. The molecule has 2 N–H and O–H groups in total. The molecular formula is C21H22ClN5O5. The number of ether oxygens (including phenoxy) is 4. The van der Waals surface area contributed by atoms with Crippen LogP contribution in [0.4, 0.5) is 5.82 Å². The molecule has 4 atom stereocenters. The van der Waals surface area contributed by atoms with E-state index in [-0.39, 0.29) is 24.8 Å². The minimum absolute atomic E-state index is 0.0211. The van der Waals surface area contributed by atoms with Crippen LogP contribution >= 0.6 is 11.6 Å². The number of nitrogen functional groups attached to an aromatic ring is 1. The van der Waals surface area contributed by atoms with Crippen molar-refractivity contribution < 1.29 is 23.7 Å². The normalized spacial score (nSPS) is 26.3. The van der Waals surface area contributed by atoms with E-state index in [0.717, 1.165) is 5.56 Å². The summed E-state index contributed by atoms with van der Waals surface area (Å²) in [6.45, 7) is 3.68. The van der Waals surface area contributed by atoms with Gasteiger partial charge in [0.1, 0.15) is 36.8 Å². The van der Waals surface area contributed by atoms with Gasteiger partial charge < -0.3 is 24.7 Å². The molecule has 10 nitrogen and oxygen atoms in total. The number of carbonyl (C=O) groups is 1. The Morgan fingerprint density at radius 1 is 1.19 bits per heavy atom. The fourth-order valence-corrected chi connectivity index (χ4v) is 4.19. The standard InChI is InChI=1S/C21H22ClN5O5/c1-21(2)31-16-13(8-29-14(28)7-11-3-5-12(22)6-4-11)30-20(17(16)32-21)27-10-26-15-18(23)24-9-25-19(15)27/h3-6,9-10,13,16-17,20H,7-8H2,1-2H3,(H2,23,24,25)/t13-,16-,17-,20-/m1/s1. The van der Waals surface area contributed by atoms with Crippen molar-refractivity contribution in [1.82, 2.24) is 19.5 Å². The van der Waals surface area contributed by atoms with Gasteiger partial charge in [0.15, 0.2) is 23.5 Å². The number of imidazole rings is 1. The monoisotopic (exact) mass is 459 g/mol. The zero-order valence-corrected chi connectivity index (χ0v) is 18.2. The second-order valence-electron chi connectivity index (χ2n) is 8.20. The fraction of sp³-hybridized carbons (Fsp3) is 0.429. The van der Waals surface area contributed by atoms with Crippen LogP contribution in [0.5, 0.6) is 0 Å². The number of carbonyl (C=O) groups excluding carboxylic acids is 1. The zero-order chi connectivity index (χ0) is 22.5. The highest BCUT2D eigenvalue weighted by atomic mass is 35.5. The number of rotatable bonds is 5. The Morgan fingerprint density at radius 3 is 2.72 bits per heavy atom. The third-order valence-corrected chi connectivity index (χ3v) is 5.71. The van der Waals surface area contributed by atoms with Crippen molar-refractivity contribution in [2.24, 2.45) is 0 Å². The molecule has 2 aliphatic heterocycles. The summed E-state index contributed by atoms with van der Waals surface area (Å²) in [5.74, 6) is -0.907. The van der Waals surface area contributed by atoms with Crippen molar-refractivity contribution in [3.05, 3.63) is 47.5 Å². The number of esters is 1. The summed E-state index contributed by atoms with van der Waals surface area (Å²) in [4.78, 5) is 24.9. The van der Waals surface area contributed by atoms with Gasteiger partial charge >= 0.3 is 5.97 Å². The molecule has 0 spiro atoms. The van der Waals surface area contributed by atoms with Crippen molar-refractivity contribution in [2.45, 2.75) is 50.6 Å². The fourth-order valence-electron chi connectivity index (χ4n) is 4.07. The van der Waals surface area contributed by atoms with E-state index < -0.39 is 30.3 Å². The first-order chi connectivity index (χ1) is 15.3. The van der Waals surface area contributed by atoms with Gasteiger partial charge in [-0.2, -0.15) is 0 Å². The largest absolute Gasteiger partial charge is 0.463 e. The summed E-state index contributed by atoms with van der Waals surface area (Å²) in [5, 5.41) is 0.610. The Bertz CT molecular complexity index is 1150. The molecule has 3 aromatic rings. The number of anilines is 1. The summed E-state index contributed by atoms with van der Waals surface area (Å²) >= 11 is 5.89. The average molecular weight is 460 g/mol. The van der Waals surface area contributed by atoms with Crippen LogP contribution in [0.1, 0.15) is 25.6 Å². The van der Waals surface area contributed by atoms with Crippen molar-refractivity contribution in [3.63, 3.8) is 0 Å². The first-order valence-electron chi connectivity index (χ1n) is 10.1. The number of nitrogens with two attached hydrogens (primary N) is 1. The maximum atomic E-state index is 12.4. The summed E-state index contributed by atoms with van der Waals surface area (Å²) in [6.07, 6.45) is 1.09. The summed E-state index contributed by atoms with van der Waals surface area (Å²) in [5.41, 5.74) is 7.72. The lowest BCUT2D eigenvalue weighted by molar-refractivity contribution is -0.202. The summed E-state index contributed by atoms with van der Waals surface area (Å²) in [6, 6.07) is 7.04. The number of hydrogen-bond donors (Lipinski definition) is 1. The molecule has 4 heterocycles. The van der Waals surface area contributed by atoms with Crippen molar-refractivity contribution in [1.29, 1.82) is 0 Å². The summed E-state index contributed by atoms with van der Waals surface area (Å²) in [7, 11) is 0. The van der Waals surface area contributed by atoms with Gasteiger partial charge in [0, 0.05) is 5.02 Å². The lowest BCUT2D eigenvalue weighted by atomic mass is 10.1. The molecule has 2 fully saturated rings. The molecule has 0 bridgehead atoms. The Kier molecular flexibility index (Phi) is 5.25.